The molecule has 0 saturated heterocycles. The minimum absolute atomic E-state index is 0.0763. The van der Waals surface area contributed by atoms with Gasteiger partial charge in [-0.1, -0.05) is 6.58 Å². The van der Waals surface area contributed by atoms with E-state index in [0.717, 1.165) is 18.4 Å². The van der Waals surface area contributed by atoms with Crippen molar-refractivity contribution in [3.05, 3.63) is 17.9 Å². The number of carbonyl (C=O) groups excluding carboxylic acids is 1. The van der Waals surface area contributed by atoms with E-state index in [1.54, 1.807) is 0 Å². The van der Waals surface area contributed by atoms with Gasteiger partial charge in [0.05, 0.1) is 6.07 Å². The number of allylic oxidation sites excluding steroid dienone is 1. The van der Waals surface area contributed by atoms with Gasteiger partial charge in [0.25, 0.3) is 0 Å². The molecule has 0 aromatic carbocycles. The molecular formula is C10H9NO. The van der Waals surface area contributed by atoms with E-state index in [2.05, 4.69) is 18.4 Å². The lowest BCUT2D eigenvalue weighted by Crippen LogP contribution is -2.20. The summed E-state index contributed by atoms with van der Waals surface area (Å²) in [6, 6.07) is 2.12. The van der Waals surface area contributed by atoms with Crippen LogP contribution < -0.4 is 0 Å². The lowest BCUT2D eigenvalue weighted by Gasteiger charge is -2.10. The third-order valence-electron chi connectivity index (χ3n) is 2.92. The Bertz CT molecular complexity index is 343. The van der Waals surface area contributed by atoms with Crippen molar-refractivity contribution in [1.29, 1.82) is 5.26 Å². The molecule has 2 rings (SSSR count). The van der Waals surface area contributed by atoms with Gasteiger partial charge < -0.3 is 0 Å². The molecule has 2 saturated carbocycles. The van der Waals surface area contributed by atoms with Crippen molar-refractivity contribution >= 4 is 5.78 Å². The summed E-state index contributed by atoms with van der Waals surface area (Å²) in [5, 5.41) is 8.90. The van der Waals surface area contributed by atoms with E-state index in [0.29, 0.717) is 6.42 Å². The first-order valence-corrected chi connectivity index (χ1v) is 4.12. The molecule has 2 aliphatic rings. The first-order chi connectivity index (χ1) is 5.77. The molecule has 0 heterocycles. The van der Waals surface area contributed by atoms with Crippen LogP contribution in [0.2, 0.25) is 0 Å². The molecule has 0 bridgehead atoms. The minimum atomic E-state index is -0.778. The predicted octanol–water partition coefficient (Wildman–Crippen LogP) is 1.59. The Kier molecular flexibility index (Phi) is 1.28. The van der Waals surface area contributed by atoms with Crippen LogP contribution in [0.15, 0.2) is 17.9 Å². The SMILES string of the molecule is C=C=C1C2CCCC(=O)C12C#N. The summed E-state index contributed by atoms with van der Waals surface area (Å²) in [7, 11) is 0. The molecule has 2 aliphatic carbocycles. The van der Waals surface area contributed by atoms with Crippen molar-refractivity contribution in [3.8, 4) is 6.07 Å². The number of carbonyl (C=O) groups is 1. The largest absolute Gasteiger partial charge is 0.297 e. The number of fused-ring (bicyclic) bond motifs is 1. The fraction of sp³-hybridized carbons (Fsp3) is 0.500. The summed E-state index contributed by atoms with van der Waals surface area (Å²) in [5.41, 5.74) is 2.79. The molecule has 60 valence electrons. The highest BCUT2D eigenvalue weighted by atomic mass is 16.1. The Hall–Kier alpha value is -1.32. The van der Waals surface area contributed by atoms with Crippen molar-refractivity contribution in [2.24, 2.45) is 11.3 Å². The van der Waals surface area contributed by atoms with Crippen LogP contribution in [0.25, 0.3) is 0 Å². The van der Waals surface area contributed by atoms with Crippen LogP contribution in [0, 0.1) is 22.7 Å². The summed E-state index contributed by atoms with van der Waals surface area (Å²) in [5.74, 6) is 0.230. The van der Waals surface area contributed by atoms with Crippen molar-refractivity contribution in [2.75, 3.05) is 0 Å². The number of nitrogens with zero attached hydrogens (tertiary/aromatic N) is 1. The molecule has 2 atom stereocenters. The van der Waals surface area contributed by atoms with Gasteiger partial charge in [0.1, 0.15) is 0 Å². The lowest BCUT2D eigenvalue weighted by molar-refractivity contribution is -0.123. The van der Waals surface area contributed by atoms with Gasteiger partial charge in [-0.25, -0.2) is 0 Å². The highest BCUT2D eigenvalue weighted by Crippen LogP contribution is 2.63. The van der Waals surface area contributed by atoms with E-state index in [1.807, 2.05) is 0 Å². The molecular weight excluding hydrogens is 150 g/mol. The summed E-state index contributed by atoms with van der Waals surface area (Å²) >= 11 is 0. The molecule has 12 heavy (non-hydrogen) atoms. The maximum absolute atomic E-state index is 11.4. The molecule has 2 nitrogen and oxygen atoms in total. The zero-order chi connectivity index (χ0) is 8.77. The molecule has 0 amide bonds. The monoisotopic (exact) mass is 159 g/mol. The van der Waals surface area contributed by atoms with Gasteiger partial charge in [0, 0.05) is 17.9 Å². The van der Waals surface area contributed by atoms with Crippen molar-refractivity contribution in [3.63, 3.8) is 0 Å². The number of hydrogen-bond acceptors (Lipinski definition) is 2. The Balaban J connectivity index is 2.48. The van der Waals surface area contributed by atoms with Gasteiger partial charge in [-0.05, 0) is 12.8 Å². The quantitative estimate of drug-likeness (QED) is 0.503. The van der Waals surface area contributed by atoms with Crippen LogP contribution in [0.1, 0.15) is 19.3 Å². The van der Waals surface area contributed by atoms with Crippen LogP contribution in [0.3, 0.4) is 0 Å². The zero-order valence-corrected chi connectivity index (χ0v) is 6.76. The third-order valence-corrected chi connectivity index (χ3v) is 2.92. The van der Waals surface area contributed by atoms with Crippen molar-refractivity contribution < 1.29 is 4.79 Å². The van der Waals surface area contributed by atoms with E-state index in [9.17, 15) is 4.79 Å². The molecule has 2 fully saturated rings. The highest BCUT2D eigenvalue weighted by molar-refractivity contribution is 5.97. The Morgan fingerprint density at radius 2 is 2.42 bits per heavy atom. The molecule has 0 aromatic heterocycles. The first-order valence-electron chi connectivity index (χ1n) is 4.12. The fourth-order valence-corrected chi connectivity index (χ4v) is 2.22. The van der Waals surface area contributed by atoms with E-state index in [-0.39, 0.29) is 11.7 Å². The Labute approximate surface area is 71.2 Å². The number of hydrogen-bond donors (Lipinski definition) is 0. The molecule has 2 unspecified atom stereocenters. The average molecular weight is 159 g/mol. The van der Waals surface area contributed by atoms with E-state index in [1.165, 1.54) is 0 Å². The van der Waals surface area contributed by atoms with Gasteiger partial charge in [-0.2, -0.15) is 5.26 Å². The smallest absolute Gasteiger partial charge is 0.158 e. The number of ketones is 1. The maximum atomic E-state index is 11.4. The molecule has 0 spiro atoms. The predicted molar refractivity (Wildman–Crippen MR) is 43.0 cm³/mol. The molecule has 2 heteroatoms. The van der Waals surface area contributed by atoms with Crippen LogP contribution in [-0.2, 0) is 4.79 Å². The number of Topliss-reactive ketones (excluding diaryl/α,β-unsaturated/α-hetero) is 1. The minimum Gasteiger partial charge on any atom is -0.297 e. The van der Waals surface area contributed by atoms with Crippen molar-refractivity contribution in [1.82, 2.24) is 0 Å². The molecule has 0 N–H and O–H groups in total. The molecule has 0 aromatic rings. The van der Waals surface area contributed by atoms with Gasteiger partial charge in [-0.15, -0.1) is 5.73 Å². The van der Waals surface area contributed by atoms with Crippen LogP contribution in [0.5, 0.6) is 0 Å². The topological polar surface area (TPSA) is 40.9 Å². The van der Waals surface area contributed by atoms with Gasteiger partial charge >= 0.3 is 0 Å². The molecule has 0 aliphatic heterocycles. The average Bonchev–Trinajstić information content (AvgIpc) is 2.75. The summed E-state index contributed by atoms with van der Waals surface area (Å²) < 4.78 is 0. The molecule has 0 radical (unpaired) electrons. The van der Waals surface area contributed by atoms with Gasteiger partial charge in [-0.3, -0.25) is 4.79 Å². The number of rotatable bonds is 0. The standard InChI is InChI=1S/C10H9NO/c1-2-7-8-4-3-5-9(12)10(7,8)6-11/h8H,1,3-5H2. The van der Waals surface area contributed by atoms with Crippen LogP contribution in [0.4, 0.5) is 0 Å². The fourth-order valence-electron chi connectivity index (χ4n) is 2.22. The first kappa shape index (κ1) is 7.34. The lowest BCUT2D eigenvalue weighted by atomic mass is 9.88. The summed E-state index contributed by atoms with van der Waals surface area (Å²) in [4.78, 5) is 11.4. The maximum Gasteiger partial charge on any atom is 0.158 e. The Morgan fingerprint density at radius 3 is 2.92 bits per heavy atom. The van der Waals surface area contributed by atoms with Crippen LogP contribution in [-0.4, -0.2) is 5.78 Å². The second-order valence-corrected chi connectivity index (χ2v) is 3.38. The van der Waals surface area contributed by atoms with E-state index < -0.39 is 5.41 Å². The second kappa shape index (κ2) is 2.09. The second-order valence-electron chi connectivity index (χ2n) is 3.38. The third kappa shape index (κ3) is 0.581. The normalized spacial score (nSPS) is 38.1. The van der Waals surface area contributed by atoms with Crippen LogP contribution >= 0.6 is 0 Å². The van der Waals surface area contributed by atoms with Gasteiger partial charge in [0.2, 0.25) is 0 Å². The van der Waals surface area contributed by atoms with Gasteiger partial charge in [0.15, 0.2) is 11.2 Å². The zero-order valence-electron chi connectivity index (χ0n) is 6.76. The number of nitriles is 1. The summed E-state index contributed by atoms with van der Waals surface area (Å²) in [6.07, 6.45) is 2.42. The Morgan fingerprint density at radius 1 is 1.67 bits per heavy atom. The van der Waals surface area contributed by atoms with E-state index in [4.69, 9.17) is 5.26 Å². The summed E-state index contributed by atoms with van der Waals surface area (Å²) in [6.45, 7) is 3.51. The highest BCUT2D eigenvalue weighted by Gasteiger charge is 2.66. The van der Waals surface area contributed by atoms with Crippen molar-refractivity contribution in [2.45, 2.75) is 19.3 Å². The van der Waals surface area contributed by atoms with E-state index >= 15 is 0 Å².